The molecule has 2 aromatic heterocycles. The first-order valence-electron chi connectivity index (χ1n) is 8.52. The van der Waals surface area contributed by atoms with Crippen molar-refractivity contribution in [3.8, 4) is 10.6 Å². The molecule has 0 saturated carbocycles. The Morgan fingerprint density at radius 1 is 1.15 bits per heavy atom. The minimum atomic E-state index is -0.415. The maximum absolute atomic E-state index is 13.0. The summed E-state index contributed by atoms with van der Waals surface area (Å²) in [7, 11) is 0. The van der Waals surface area contributed by atoms with Crippen molar-refractivity contribution in [1.29, 1.82) is 0 Å². The number of hydrogen-bond donors (Lipinski definition) is 0. The number of aryl methyl sites for hydroxylation is 1. The van der Waals surface area contributed by atoms with Gasteiger partial charge in [0.05, 0.1) is 12.3 Å². The minimum Gasteiger partial charge on any atom is -0.462 e. The Kier molecular flexibility index (Phi) is 5.98. The highest BCUT2D eigenvalue weighted by Crippen LogP contribution is 2.29. The van der Waals surface area contributed by atoms with E-state index in [-0.39, 0.29) is 5.91 Å². The Morgan fingerprint density at radius 2 is 1.89 bits per heavy atom. The maximum Gasteiger partial charge on any atom is 0.350 e. The van der Waals surface area contributed by atoms with Crippen molar-refractivity contribution in [3.05, 3.63) is 52.0 Å². The summed E-state index contributed by atoms with van der Waals surface area (Å²) >= 11 is 2.59. The van der Waals surface area contributed by atoms with Gasteiger partial charge < -0.3 is 4.74 Å². The largest absolute Gasteiger partial charge is 0.462 e. The van der Waals surface area contributed by atoms with Gasteiger partial charge in [-0.2, -0.15) is 0 Å². The number of thiazole rings is 2. The lowest BCUT2D eigenvalue weighted by Gasteiger charge is -2.16. The van der Waals surface area contributed by atoms with E-state index < -0.39 is 5.97 Å². The molecule has 27 heavy (non-hydrogen) atoms. The Balaban J connectivity index is 1.86. The van der Waals surface area contributed by atoms with Gasteiger partial charge in [-0.05, 0) is 20.8 Å². The van der Waals surface area contributed by atoms with Crippen molar-refractivity contribution in [3.63, 3.8) is 0 Å². The highest BCUT2D eigenvalue weighted by molar-refractivity contribution is 7.17. The summed E-state index contributed by atoms with van der Waals surface area (Å²) in [4.78, 5) is 35.8. The van der Waals surface area contributed by atoms with Gasteiger partial charge in [0.25, 0.3) is 5.91 Å². The van der Waals surface area contributed by atoms with Crippen LogP contribution in [0.2, 0.25) is 0 Å². The van der Waals surface area contributed by atoms with Gasteiger partial charge in [-0.3, -0.25) is 9.69 Å². The number of rotatable bonds is 6. The summed E-state index contributed by atoms with van der Waals surface area (Å²) in [5, 5.41) is 3.01. The number of aromatic nitrogens is 2. The molecule has 3 rings (SSSR count). The molecule has 0 aliphatic carbocycles. The molecular weight excluding hydrogens is 382 g/mol. The number of esters is 1. The fourth-order valence-electron chi connectivity index (χ4n) is 2.47. The van der Waals surface area contributed by atoms with E-state index in [0.717, 1.165) is 21.9 Å². The molecule has 1 amide bonds. The van der Waals surface area contributed by atoms with E-state index in [1.54, 1.807) is 19.2 Å². The fraction of sp³-hybridized carbons (Fsp3) is 0.263. The number of ether oxygens (including phenoxy) is 1. The molecule has 0 bridgehead atoms. The van der Waals surface area contributed by atoms with Gasteiger partial charge >= 0.3 is 5.97 Å². The Morgan fingerprint density at radius 3 is 2.56 bits per heavy atom. The van der Waals surface area contributed by atoms with Crippen LogP contribution in [0.4, 0.5) is 5.13 Å². The Labute approximate surface area is 165 Å². The zero-order valence-electron chi connectivity index (χ0n) is 15.3. The van der Waals surface area contributed by atoms with E-state index in [2.05, 4.69) is 9.97 Å². The normalized spacial score (nSPS) is 10.6. The summed E-state index contributed by atoms with van der Waals surface area (Å²) in [6, 6.07) is 9.73. The molecule has 0 aliphatic rings. The predicted octanol–water partition coefficient (Wildman–Crippen LogP) is 4.42. The average molecular weight is 402 g/mol. The van der Waals surface area contributed by atoms with Crippen LogP contribution in [-0.4, -0.2) is 35.0 Å². The third kappa shape index (κ3) is 4.06. The molecule has 0 N–H and O–H groups in total. The summed E-state index contributed by atoms with van der Waals surface area (Å²) < 4.78 is 5.05. The number of nitrogens with zero attached hydrogens (tertiary/aromatic N) is 3. The second kappa shape index (κ2) is 8.41. The van der Waals surface area contributed by atoms with Crippen molar-refractivity contribution in [2.24, 2.45) is 0 Å². The van der Waals surface area contributed by atoms with E-state index in [0.29, 0.717) is 34.5 Å². The van der Waals surface area contributed by atoms with Crippen molar-refractivity contribution < 1.29 is 14.3 Å². The van der Waals surface area contributed by atoms with Crippen LogP contribution < -0.4 is 4.90 Å². The van der Waals surface area contributed by atoms with Crippen LogP contribution in [0.3, 0.4) is 0 Å². The molecule has 1 aromatic carbocycles. The molecule has 0 radical (unpaired) electrons. The number of carbonyl (C=O) groups is 2. The van der Waals surface area contributed by atoms with Gasteiger partial charge in [-0.25, -0.2) is 14.8 Å². The van der Waals surface area contributed by atoms with Crippen LogP contribution >= 0.6 is 22.7 Å². The lowest BCUT2D eigenvalue weighted by atomic mass is 10.2. The minimum absolute atomic E-state index is 0.236. The van der Waals surface area contributed by atoms with E-state index >= 15 is 0 Å². The Bertz CT molecular complexity index is 950. The number of hydrogen-bond acceptors (Lipinski definition) is 7. The van der Waals surface area contributed by atoms with E-state index in [1.165, 1.54) is 16.2 Å². The number of benzene rings is 1. The third-order valence-electron chi connectivity index (χ3n) is 3.78. The van der Waals surface area contributed by atoms with Gasteiger partial charge in [-0.15, -0.1) is 11.3 Å². The monoisotopic (exact) mass is 401 g/mol. The predicted molar refractivity (Wildman–Crippen MR) is 108 cm³/mol. The van der Waals surface area contributed by atoms with Crippen LogP contribution in [0.1, 0.15) is 39.7 Å². The van der Waals surface area contributed by atoms with Gasteiger partial charge in [0.2, 0.25) is 0 Å². The quantitative estimate of drug-likeness (QED) is 0.572. The molecule has 6 nitrogen and oxygen atoms in total. The number of amides is 1. The highest BCUT2D eigenvalue weighted by atomic mass is 32.1. The first-order valence-corrected chi connectivity index (χ1v) is 10.2. The van der Waals surface area contributed by atoms with Crippen LogP contribution in [0.15, 0.2) is 35.7 Å². The fourth-order valence-corrected chi connectivity index (χ4v) is 4.30. The van der Waals surface area contributed by atoms with Crippen molar-refractivity contribution in [1.82, 2.24) is 9.97 Å². The maximum atomic E-state index is 13.0. The molecule has 0 fully saturated rings. The van der Waals surface area contributed by atoms with Crippen LogP contribution in [-0.2, 0) is 4.74 Å². The first-order chi connectivity index (χ1) is 13.0. The average Bonchev–Trinajstić information content (AvgIpc) is 3.30. The molecule has 0 saturated heterocycles. The zero-order valence-corrected chi connectivity index (χ0v) is 16.9. The zero-order chi connectivity index (χ0) is 19.4. The molecule has 2 heterocycles. The summed E-state index contributed by atoms with van der Waals surface area (Å²) in [5.74, 6) is -0.651. The summed E-state index contributed by atoms with van der Waals surface area (Å²) in [5.41, 5.74) is 1.90. The molecule has 0 unspecified atom stereocenters. The molecule has 3 aromatic rings. The number of carbonyl (C=O) groups excluding carboxylic acids is 2. The van der Waals surface area contributed by atoms with Gasteiger partial charge in [0.1, 0.15) is 15.6 Å². The van der Waals surface area contributed by atoms with Gasteiger partial charge in [0, 0.05) is 17.5 Å². The topological polar surface area (TPSA) is 72.4 Å². The molecular formula is C19H19N3O3S2. The van der Waals surface area contributed by atoms with Gasteiger partial charge in [-0.1, -0.05) is 41.7 Å². The lowest BCUT2D eigenvalue weighted by molar-refractivity contribution is 0.0531. The van der Waals surface area contributed by atoms with E-state index in [4.69, 9.17) is 4.74 Å². The van der Waals surface area contributed by atoms with Crippen molar-refractivity contribution >= 4 is 39.7 Å². The summed E-state index contributed by atoms with van der Waals surface area (Å²) in [6.07, 6.45) is 0. The third-order valence-corrected chi connectivity index (χ3v) is 5.83. The van der Waals surface area contributed by atoms with E-state index in [9.17, 15) is 9.59 Å². The second-order valence-corrected chi connectivity index (χ2v) is 7.42. The highest BCUT2D eigenvalue weighted by Gasteiger charge is 2.25. The molecule has 8 heteroatoms. The standard InChI is InChI=1S/C19H19N3O3S2/c1-4-22(19-20-12(3)15(27-19)18(24)25-5-2)17(23)14-11-26-16(21-14)13-9-7-6-8-10-13/h6-11H,4-5H2,1-3H3. The lowest BCUT2D eigenvalue weighted by Crippen LogP contribution is -2.30. The van der Waals surface area contributed by atoms with Crippen LogP contribution in [0, 0.1) is 6.92 Å². The first kappa shape index (κ1) is 19.2. The Hall–Kier alpha value is -2.58. The summed E-state index contributed by atoms with van der Waals surface area (Å²) in [6.45, 7) is 6.07. The van der Waals surface area contributed by atoms with Crippen molar-refractivity contribution in [2.45, 2.75) is 20.8 Å². The van der Waals surface area contributed by atoms with Crippen molar-refractivity contribution in [2.75, 3.05) is 18.1 Å². The SMILES string of the molecule is CCOC(=O)c1sc(N(CC)C(=O)c2csc(-c3ccccc3)n2)nc1C. The van der Waals surface area contributed by atoms with Crippen LogP contribution in [0.5, 0.6) is 0 Å². The molecule has 0 spiro atoms. The second-order valence-electron chi connectivity index (χ2n) is 5.58. The molecule has 140 valence electrons. The van der Waals surface area contributed by atoms with E-state index in [1.807, 2.05) is 37.3 Å². The molecule has 0 atom stereocenters. The molecule has 0 aliphatic heterocycles. The van der Waals surface area contributed by atoms with Gasteiger partial charge in [0.15, 0.2) is 5.13 Å². The smallest absolute Gasteiger partial charge is 0.350 e. The van der Waals surface area contributed by atoms with Crippen LogP contribution in [0.25, 0.3) is 10.6 Å². The number of anilines is 1.